The Balaban J connectivity index is 1.51. The summed E-state index contributed by atoms with van der Waals surface area (Å²) in [6.07, 6.45) is 12.5. The Morgan fingerprint density at radius 2 is 2.11 bits per heavy atom. The SMILES string of the molecule is CCCCn1ncc2c(NC3CCOCC3)c(C3=NOC4(CCC4)C3)cnc21. The predicted octanol–water partition coefficient (Wildman–Crippen LogP) is 3.87. The largest absolute Gasteiger partial charge is 0.389 e. The highest BCUT2D eigenvalue weighted by Gasteiger charge is 2.45. The van der Waals surface area contributed by atoms with Crippen molar-refractivity contribution in [1.29, 1.82) is 0 Å². The Morgan fingerprint density at radius 3 is 2.82 bits per heavy atom. The number of hydrogen-bond acceptors (Lipinski definition) is 6. The minimum atomic E-state index is -0.0501. The molecular formula is C21H29N5O2. The Morgan fingerprint density at radius 1 is 1.25 bits per heavy atom. The fourth-order valence-corrected chi connectivity index (χ4v) is 4.42. The summed E-state index contributed by atoms with van der Waals surface area (Å²) in [5.74, 6) is 0. The van der Waals surface area contributed by atoms with Gasteiger partial charge < -0.3 is 14.9 Å². The molecule has 3 aliphatic rings. The van der Waals surface area contributed by atoms with Crippen molar-refractivity contribution in [3.8, 4) is 0 Å². The second kappa shape index (κ2) is 7.35. The molecule has 150 valence electrons. The second-order valence-electron chi connectivity index (χ2n) is 8.38. The maximum atomic E-state index is 5.85. The van der Waals surface area contributed by atoms with Gasteiger partial charge in [-0.15, -0.1) is 0 Å². The quantitative estimate of drug-likeness (QED) is 0.820. The van der Waals surface area contributed by atoms with Gasteiger partial charge in [-0.25, -0.2) is 9.67 Å². The highest BCUT2D eigenvalue weighted by Crippen LogP contribution is 2.44. The van der Waals surface area contributed by atoms with Crippen LogP contribution in [0, 0.1) is 0 Å². The normalized spacial score (nSPS) is 21.5. The van der Waals surface area contributed by atoms with Gasteiger partial charge in [-0.3, -0.25) is 0 Å². The van der Waals surface area contributed by atoms with E-state index in [0.29, 0.717) is 6.04 Å². The van der Waals surface area contributed by atoms with Crippen LogP contribution in [0.5, 0.6) is 0 Å². The molecule has 0 aromatic carbocycles. The van der Waals surface area contributed by atoms with Gasteiger partial charge in [0, 0.05) is 44.0 Å². The molecule has 7 nitrogen and oxygen atoms in total. The average molecular weight is 383 g/mol. The summed E-state index contributed by atoms with van der Waals surface area (Å²) in [4.78, 5) is 10.6. The third kappa shape index (κ3) is 3.15. The molecule has 2 aromatic rings. The Labute approximate surface area is 165 Å². The minimum Gasteiger partial charge on any atom is -0.389 e. The third-order valence-electron chi connectivity index (χ3n) is 6.37. The fraction of sp³-hybridized carbons (Fsp3) is 0.667. The summed E-state index contributed by atoms with van der Waals surface area (Å²) in [6, 6.07) is 0.401. The first kappa shape index (κ1) is 17.9. The number of unbranched alkanes of at least 4 members (excludes halogenated alkanes) is 1. The maximum Gasteiger partial charge on any atom is 0.159 e. The Bertz CT molecular complexity index is 880. The molecular weight excluding hydrogens is 354 g/mol. The van der Waals surface area contributed by atoms with Crippen LogP contribution in [0.4, 0.5) is 5.69 Å². The van der Waals surface area contributed by atoms with Gasteiger partial charge in [0.05, 0.1) is 23.0 Å². The van der Waals surface area contributed by atoms with Crippen LogP contribution in [-0.4, -0.2) is 45.3 Å². The number of aryl methyl sites for hydroxylation is 1. The van der Waals surface area contributed by atoms with Crippen LogP contribution < -0.4 is 5.32 Å². The van der Waals surface area contributed by atoms with Gasteiger partial charge in [-0.05, 0) is 38.5 Å². The van der Waals surface area contributed by atoms with E-state index in [0.717, 1.165) is 92.7 Å². The van der Waals surface area contributed by atoms with Crippen LogP contribution in [0.15, 0.2) is 17.5 Å². The number of nitrogens with one attached hydrogen (secondary N) is 1. The van der Waals surface area contributed by atoms with Crippen LogP contribution in [-0.2, 0) is 16.1 Å². The van der Waals surface area contributed by atoms with E-state index >= 15 is 0 Å². The standard InChI is InChI=1S/C21H29N5O2/c1-2-3-9-26-20-17(14-23-26)19(24-15-5-10-27-11-6-15)16(13-22-20)18-12-21(28-25-18)7-4-8-21/h13-15H,2-12H2,1H3,(H,22,24). The maximum absolute atomic E-state index is 5.85. The van der Waals surface area contributed by atoms with Gasteiger partial charge in [-0.1, -0.05) is 18.5 Å². The van der Waals surface area contributed by atoms with Crippen molar-refractivity contribution in [3.63, 3.8) is 0 Å². The molecule has 0 bridgehead atoms. The van der Waals surface area contributed by atoms with E-state index in [1.165, 1.54) is 6.42 Å². The van der Waals surface area contributed by atoms with Crippen LogP contribution in [0.1, 0.15) is 63.9 Å². The number of pyridine rings is 1. The molecule has 5 rings (SSSR count). The van der Waals surface area contributed by atoms with Crippen molar-refractivity contribution in [1.82, 2.24) is 14.8 Å². The number of rotatable bonds is 6. The van der Waals surface area contributed by atoms with Gasteiger partial charge >= 0.3 is 0 Å². The van der Waals surface area contributed by atoms with Gasteiger partial charge in [0.15, 0.2) is 5.65 Å². The lowest BCUT2D eigenvalue weighted by Gasteiger charge is -2.34. The van der Waals surface area contributed by atoms with Gasteiger partial charge in [0.2, 0.25) is 0 Å². The lowest BCUT2D eigenvalue weighted by Crippen LogP contribution is -2.37. The molecule has 1 saturated heterocycles. The van der Waals surface area contributed by atoms with Crippen LogP contribution >= 0.6 is 0 Å². The van der Waals surface area contributed by atoms with Gasteiger partial charge in [0.1, 0.15) is 5.60 Å². The molecule has 2 fully saturated rings. The summed E-state index contributed by atoms with van der Waals surface area (Å²) in [6.45, 7) is 4.72. The zero-order valence-corrected chi connectivity index (χ0v) is 16.6. The van der Waals surface area contributed by atoms with Crippen LogP contribution in [0.2, 0.25) is 0 Å². The van der Waals surface area contributed by atoms with Crippen molar-refractivity contribution in [2.45, 2.75) is 76.5 Å². The van der Waals surface area contributed by atoms with Crippen molar-refractivity contribution >= 4 is 22.4 Å². The minimum absolute atomic E-state index is 0.0501. The van der Waals surface area contributed by atoms with Crippen molar-refractivity contribution in [2.24, 2.45) is 5.16 Å². The number of anilines is 1. The second-order valence-corrected chi connectivity index (χ2v) is 8.38. The molecule has 1 spiro atoms. The zero-order chi connectivity index (χ0) is 19.0. The number of nitrogens with zero attached hydrogens (tertiary/aromatic N) is 4. The summed E-state index contributed by atoms with van der Waals surface area (Å²) < 4.78 is 7.57. The smallest absolute Gasteiger partial charge is 0.159 e. The van der Waals surface area contributed by atoms with E-state index in [-0.39, 0.29) is 5.60 Å². The Hall–Kier alpha value is -2.15. The molecule has 1 saturated carbocycles. The monoisotopic (exact) mass is 383 g/mol. The molecule has 1 aliphatic carbocycles. The third-order valence-corrected chi connectivity index (χ3v) is 6.37. The number of hydrogen-bond donors (Lipinski definition) is 1. The predicted molar refractivity (Wildman–Crippen MR) is 109 cm³/mol. The van der Waals surface area contributed by atoms with E-state index in [2.05, 4.69) is 22.5 Å². The van der Waals surface area contributed by atoms with Crippen molar-refractivity contribution in [3.05, 3.63) is 18.0 Å². The van der Waals surface area contributed by atoms with Crippen LogP contribution in [0.3, 0.4) is 0 Å². The zero-order valence-electron chi connectivity index (χ0n) is 16.6. The summed E-state index contributed by atoms with van der Waals surface area (Å²) in [5, 5.41) is 14.0. The molecule has 0 atom stereocenters. The fourth-order valence-electron chi connectivity index (χ4n) is 4.42. The summed E-state index contributed by atoms with van der Waals surface area (Å²) in [5.41, 5.74) is 4.09. The van der Waals surface area contributed by atoms with E-state index in [4.69, 9.17) is 14.6 Å². The first-order valence-electron chi connectivity index (χ1n) is 10.7. The topological polar surface area (TPSA) is 73.6 Å². The van der Waals surface area contributed by atoms with Crippen LogP contribution in [0.25, 0.3) is 11.0 Å². The molecule has 0 unspecified atom stereocenters. The molecule has 2 aliphatic heterocycles. The molecule has 0 radical (unpaired) electrons. The molecule has 28 heavy (non-hydrogen) atoms. The number of aromatic nitrogens is 3. The van der Waals surface area contributed by atoms with Crippen molar-refractivity contribution in [2.75, 3.05) is 18.5 Å². The van der Waals surface area contributed by atoms with Crippen molar-refractivity contribution < 1.29 is 9.57 Å². The molecule has 0 amide bonds. The van der Waals surface area contributed by atoms with E-state index in [9.17, 15) is 0 Å². The van der Waals surface area contributed by atoms with E-state index < -0.39 is 0 Å². The summed E-state index contributed by atoms with van der Waals surface area (Å²) in [7, 11) is 0. The lowest BCUT2D eigenvalue weighted by atomic mass is 9.76. The molecule has 1 N–H and O–H groups in total. The van der Waals surface area contributed by atoms with E-state index in [1.807, 2.05) is 17.1 Å². The number of ether oxygens (including phenoxy) is 1. The lowest BCUT2D eigenvalue weighted by molar-refractivity contribution is -0.0755. The van der Waals surface area contributed by atoms with Gasteiger partial charge in [0.25, 0.3) is 0 Å². The highest BCUT2D eigenvalue weighted by atomic mass is 16.7. The molecule has 7 heteroatoms. The summed E-state index contributed by atoms with van der Waals surface area (Å²) >= 11 is 0. The van der Waals surface area contributed by atoms with E-state index in [1.54, 1.807) is 0 Å². The average Bonchev–Trinajstić information content (AvgIpc) is 3.32. The number of fused-ring (bicyclic) bond motifs is 1. The molecule has 2 aromatic heterocycles. The highest BCUT2D eigenvalue weighted by molar-refractivity contribution is 6.10. The Kier molecular flexibility index (Phi) is 4.70. The molecule has 4 heterocycles. The number of oxime groups is 1. The van der Waals surface area contributed by atoms with Gasteiger partial charge in [-0.2, -0.15) is 5.10 Å². The first-order valence-corrected chi connectivity index (χ1v) is 10.7. The first-order chi connectivity index (χ1) is 13.8.